The highest BCUT2D eigenvalue weighted by Gasteiger charge is 2.20. The first-order valence-electron chi connectivity index (χ1n) is 8.00. The molecule has 0 radical (unpaired) electrons. The molecule has 2 rings (SSSR count). The minimum Gasteiger partial charge on any atom is -0.355 e. The summed E-state index contributed by atoms with van der Waals surface area (Å²) in [5.74, 6) is -0.647. The van der Waals surface area contributed by atoms with E-state index in [-0.39, 0.29) is 18.3 Å². The van der Waals surface area contributed by atoms with Gasteiger partial charge in [-0.2, -0.15) is 0 Å². The van der Waals surface area contributed by atoms with E-state index in [0.717, 1.165) is 19.7 Å². The van der Waals surface area contributed by atoms with Crippen molar-refractivity contribution in [1.29, 1.82) is 0 Å². The van der Waals surface area contributed by atoms with Crippen LogP contribution >= 0.6 is 22.6 Å². The van der Waals surface area contributed by atoms with Crippen molar-refractivity contribution in [3.63, 3.8) is 0 Å². The van der Waals surface area contributed by atoms with E-state index in [1.807, 2.05) is 0 Å². The minimum atomic E-state index is -3.57. The Morgan fingerprint density at radius 2 is 1.73 bits per heavy atom. The van der Waals surface area contributed by atoms with Gasteiger partial charge in [0.25, 0.3) is 0 Å². The highest BCUT2D eigenvalue weighted by Crippen LogP contribution is 2.18. The second-order valence-corrected chi connectivity index (χ2v) is 8.98. The molecule has 0 bridgehead atoms. The summed E-state index contributed by atoms with van der Waals surface area (Å²) in [6, 6.07) is 13.1. The summed E-state index contributed by atoms with van der Waals surface area (Å²) in [4.78, 5) is 12.1. The Balaban J connectivity index is 1.87. The molecular formula is C18H20FIN2O3S. The first-order chi connectivity index (χ1) is 12.3. The molecule has 0 heterocycles. The van der Waals surface area contributed by atoms with Crippen molar-refractivity contribution in [3.8, 4) is 0 Å². The average molecular weight is 490 g/mol. The number of hydrogen-bond acceptors (Lipinski definition) is 3. The topological polar surface area (TPSA) is 66.5 Å². The summed E-state index contributed by atoms with van der Waals surface area (Å²) >= 11 is 2.13. The Bertz CT molecular complexity index is 840. The number of rotatable bonds is 8. The third kappa shape index (κ3) is 6.56. The number of benzene rings is 2. The molecule has 26 heavy (non-hydrogen) atoms. The number of nitrogens with one attached hydrogen (secondary N) is 1. The van der Waals surface area contributed by atoms with Crippen LogP contribution in [0.15, 0.2) is 48.5 Å². The Morgan fingerprint density at radius 1 is 1.12 bits per heavy atom. The van der Waals surface area contributed by atoms with E-state index in [1.165, 1.54) is 12.1 Å². The van der Waals surface area contributed by atoms with E-state index in [1.54, 1.807) is 36.4 Å². The van der Waals surface area contributed by atoms with E-state index in [2.05, 4.69) is 27.9 Å². The fraction of sp³-hybridized carbons (Fsp3) is 0.278. The molecule has 0 saturated carbocycles. The van der Waals surface area contributed by atoms with E-state index in [4.69, 9.17) is 0 Å². The molecule has 0 saturated heterocycles. The third-order valence-electron chi connectivity index (χ3n) is 3.68. The summed E-state index contributed by atoms with van der Waals surface area (Å²) in [6.45, 7) is 0.149. The van der Waals surface area contributed by atoms with E-state index >= 15 is 0 Å². The van der Waals surface area contributed by atoms with Gasteiger partial charge in [-0.1, -0.05) is 12.1 Å². The Kier molecular flexibility index (Phi) is 7.39. The lowest BCUT2D eigenvalue weighted by Crippen LogP contribution is -2.40. The molecule has 0 aliphatic carbocycles. The maximum absolute atomic E-state index is 12.8. The number of halogens is 2. The van der Waals surface area contributed by atoms with Gasteiger partial charge in [0.15, 0.2) is 0 Å². The quantitative estimate of drug-likeness (QED) is 0.457. The molecule has 8 heteroatoms. The standard InChI is InChI=1S/C18H20FIN2O3S/c1-26(24,25)22(17-10-8-16(20)9-11-17)13-18(23)21-12-2-3-14-4-6-15(19)7-5-14/h4-11H,2-3,12-13H2,1H3,(H,21,23). The Hall–Kier alpha value is -1.68. The number of hydrogen-bond donors (Lipinski definition) is 1. The monoisotopic (exact) mass is 490 g/mol. The van der Waals surface area contributed by atoms with Gasteiger partial charge in [-0.3, -0.25) is 9.10 Å². The van der Waals surface area contributed by atoms with Gasteiger partial charge in [0.1, 0.15) is 12.4 Å². The molecule has 140 valence electrons. The normalized spacial score (nSPS) is 11.2. The molecule has 0 unspecified atom stereocenters. The van der Waals surface area contributed by atoms with Crippen LogP contribution in [-0.2, 0) is 21.2 Å². The number of carbonyl (C=O) groups is 1. The second kappa shape index (κ2) is 9.31. The van der Waals surface area contributed by atoms with Gasteiger partial charge in [0.2, 0.25) is 15.9 Å². The average Bonchev–Trinajstić information content (AvgIpc) is 2.58. The lowest BCUT2D eigenvalue weighted by Gasteiger charge is -2.22. The van der Waals surface area contributed by atoms with Crippen molar-refractivity contribution in [2.45, 2.75) is 12.8 Å². The summed E-state index contributed by atoms with van der Waals surface area (Å²) in [7, 11) is -3.57. The van der Waals surface area contributed by atoms with Crippen LogP contribution in [0.2, 0.25) is 0 Å². The van der Waals surface area contributed by atoms with Gasteiger partial charge in [-0.05, 0) is 77.4 Å². The highest BCUT2D eigenvalue weighted by molar-refractivity contribution is 14.1. The predicted octanol–water partition coefficient (Wildman–Crippen LogP) is 2.95. The van der Waals surface area contributed by atoms with E-state index in [0.29, 0.717) is 25.1 Å². The van der Waals surface area contributed by atoms with Gasteiger partial charge >= 0.3 is 0 Å². The van der Waals surface area contributed by atoms with Crippen molar-refractivity contribution in [1.82, 2.24) is 5.32 Å². The number of anilines is 1. The molecule has 1 amide bonds. The number of amides is 1. The lowest BCUT2D eigenvalue weighted by atomic mass is 10.1. The molecule has 1 N–H and O–H groups in total. The van der Waals surface area contributed by atoms with Gasteiger partial charge in [-0.15, -0.1) is 0 Å². The summed E-state index contributed by atoms with van der Waals surface area (Å²) < 4.78 is 38.9. The molecule has 2 aromatic carbocycles. The predicted molar refractivity (Wildman–Crippen MR) is 109 cm³/mol. The van der Waals surface area contributed by atoms with Crippen molar-refractivity contribution in [3.05, 3.63) is 63.5 Å². The van der Waals surface area contributed by atoms with Crippen molar-refractivity contribution < 1.29 is 17.6 Å². The zero-order valence-corrected chi connectivity index (χ0v) is 17.3. The maximum Gasteiger partial charge on any atom is 0.240 e. The smallest absolute Gasteiger partial charge is 0.240 e. The Morgan fingerprint density at radius 3 is 2.31 bits per heavy atom. The van der Waals surface area contributed by atoms with Crippen LogP contribution in [0.25, 0.3) is 0 Å². The molecule has 0 spiro atoms. The Labute approximate surface area is 166 Å². The molecule has 5 nitrogen and oxygen atoms in total. The molecule has 0 aromatic heterocycles. The van der Waals surface area contributed by atoms with E-state index < -0.39 is 10.0 Å². The fourth-order valence-electron chi connectivity index (χ4n) is 2.37. The van der Waals surface area contributed by atoms with Crippen LogP contribution in [0.1, 0.15) is 12.0 Å². The molecule has 0 fully saturated rings. The van der Waals surface area contributed by atoms with Crippen molar-refractivity contribution in [2.75, 3.05) is 23.7 Å². The molecule has 0 aliphatic heterocycles. The first-order valence-corrected chi connectivity index (χ1v) is 10.9. The fourth-order valence-corrected chi connectivity index (χ4v) is 3.58. The van der Waals surface area contributed by atoms with Gasteiger partial charge in [0, 0.05) is 10.1 Å². The summed E-state index contributed by atoms with van der Waals surface area (Å²) in [5.41, 5.74) is 1.44. The molecule has 0 aliphatic rings. The first kappa shape index (κ1) is 20.6. The SMILES string of the molecule is CS(=O)(=O)N(CC(=O)NCCCc1ccc(F)cc1)c1ccc(I)cc1. The summed E-state index contributed by atoms with van der Waals surface area (Å²) in [5, 5.41) is 2.73. The van der Waals surface area contributed by atoms with Crippen LogP contribution in [-0.4, -0.2) is 33.7 Å². The maximum atomic E-state index is 12.8. The minimum absolute atomic E-state index is 0.268. The highest BCUT2D eigenvalue weighted by atomic mass is 127. The second-order valence-electron chi connectivity index (χ2n) is 5.83. The molecular weight excluding hydrogens is 470 g/mol. The van der Waals surface area contributed by atoms with Crippen LogP contribution in [0.3, 0.4) is 0 Å². The van der Waals surface area contributed by atoms with E-state index in [9.17, 15) is 17.6 Å². The van der Waals surface area contributed by atoms with Crippen LogP contribution in [0.4, 0.5) is 10.1 Å². The summed E-state index contributed by atoms with van der Waals surface area (Å²) in [6.07, 6.45) is 2.46. The van der Waals surface area contributed by atoms with Gasteiger partial charge in [0.05, 0.1) is 11.9 Å². The molecule has 2 aromatic rings. The zero-order valence-electron chi connectivity index (χ0n) is 14.3. The van der Waals surface area contributed by atoms with Gasteiger partial charge < -0.3 is 5.32 Å². The zero-order chi connectivity index (χ0) is 19.2. The number of nitrogens with zero attached hydrogens (tertiary/aromatic N) is 1. The van der Waals surface area contributed by atoms with Crippen LogP contribution < -0.4 is 9.62 Å². The third-order valence-corrected chi connectivity index (χ3v) is 5.54. The number of aryl methyl sites for hydroxylation is 1. The lowest BCUT2D eigenvalue weighted by molar-refractivity contribution is -0.119. The largest absolute Gasteiger partial charge is 0.355 e. The number of sulfonamides is 1. The van der Waals surface area contributed by atoms with Crippen molar-refractivity contribution in [2.24, 2.45) is 0 Å². The van der Waals surface area contributed by atoms with Gasteiger partial charge in [-0.25, -0.2) is 12.8 Å². The number of carbonyl (C=O) groups excluding carboxylic acids is 1. The van der Waals surface area contributed by atoms with Crippen LogP contribution in [0, 0.1) is 9.39 Å². The van der Waals surface area contributed by atoms with Crippen molar-refractivity contribution >= 4 is 44.2 Å². The van der Waals surface area contributed by atoms with Crippen LogP contribution in [0.5, 0.6) is 0 Å². The molecule has 0 atom stereocenters.